The molecule has 36 heavy (non-hydrogen) atoms. The Morgan fingerprint density at radius 3 is 2.42 bits per heavy atom. The molecule has 0 radical (unpaired) electrons. The molecule has 2 atom stereocenters. The van der Waals surface area contributed by atoms with Crippen LogP contribution < -0.4 is 4.90 Å². The Hall–Kier alpha value is -1.50. The largest absolute Gasteiger partial charge is 0.386 e. The summed E-state index contributed by atoms with van der Waals surface area (Å²) in [6.07, 6.45) is 2.12. The van der Waals surface area contributed by atoms with Crippen LogP contribution in [-0.2, 0) is 25.5 Å². The van der Waals surface area contributed by atoms with Crippen LogP contribution in [-0.4, -0.2) is 87.5 Å². The van der Waals surface area contributed by atoms with Gasteiger partial charge in [-0.1, -0.05) is 18.2 Å². The van der Waals surface area contributed by atoms with Crippen molar-refractivity contribution >= 4 is 36.9 Å². The zero-order valence-electron chi connectivity index (χ0n) is 20.8. The van der Waals surface area contributed by atoms with Crippen LogP contribution in [0.25, 0.3) is 0 Å². The Bertz CT molecular complexity index is 1270. The first-order valence-electron chi connectivity index (χ1n) is 12.5. The molecule has 5 rings (SSSR count). The van der Waals surface area contributed by atoms with E-state index < -0.39 is 25.5 Å². The molecular weight excluding hydrogens is 518 g/mol. The zero-order chi connectivity index (χ0) is 25.7. The van der Waals surface area contributed by atoms with E-state index in [0.29, 0.717) is 42.9 Å². The van der Waals surface area contributed by atoms with E-state index in [4.69, 9.17) is 0 Å². The maximum atomic E-state index is 13.3. The standard InChI is InChI=1S/C25H35N3O5S3/c1-25(2,29)20-7-9-21(10-8-20)28-12-11-27(36(32,33)24-4-3-14-34-24)17-22(28)16-26-13-15-35(30,31)18-23(26)19-5-6-19/h3-4,7-10,14,19,22-23,29H,5-6,11-13,15-18H2,1-2H3/t22-,23?/m0/s1. The number of hydrogen-bond acceptors (Lipinski definition) is 8. The fraction of sp³-hybridized carbons (Fsp3) is 0.600. The predicted molar refractivity (Wildman–Crippen MR) is 143 cm³/mol. The first-order valence-corrected chi connectivity index (χ1v) is 16.7. The Morgan fingerprint density at radius 2 is 1.81 bits per heavy atom. The summed E-state index contributed by atoms with van der Waals surface area (Å²) in [5, 5.41) is 12.1. The normalized spacial score (nSPS) is 26.2. The van der Waals surface area contributed by atoms with Crippen molar-refractivity contribution in [3.05, 3.63) is 47.3 Å². The molecule has 2 aromatic rings. The molecule has 1 aromatic carbocycles. The van der Waals surface area contributed by atoms with Crippen LogP contribution in [0.4, 0.5) is 5.69 Å². The molecule has 3 aliphatic rings. The van der Waals surface area contributed by atoms with Crippen molar-refractivity contribution in [2.75, 3.05) is 49.1 Å². The van der Waals surface area contributed by atoms with E-state index in [1.807, 2.05) is 24.3 Å². The molecule has 11 heteroatoms. The monoisotopic (exact) mass is 553 g/mol. The first kappa shape index (κ1) is 26.1. The van der Waals surface area contributed by atoms with Gasteiger partial charge in [0.15, 0.2) is 9.84 Å². The van der Waals surface area contributed by atoms with Crippen LogP contribution in [0.3, 0.4) is 0 Å². The van der Waals surface area contributed by atoms with Gasteiger partial charge >= 0.3 is 0 Å². The minimum atomic E-state index is -3.58. The highest BCUT2D eigenvalue weighted by atomic mass is 32.2. The lowest BCUT2D eigenvalue weighted by Gasteiger charge is -2.46. The maximum absolute atomic E-state index is 13.3. The van der Waals surface area contributed by atoms with Crippen molar-refractivity contribution < 1.29 is 21.9 Å². The average Bonchev–Trinajstić information content (AvgIpc) is 3.51. The number of aliphatic hydroxyl groups is 1. The second kappa shape index (κ2) is 9.67. The van der Waals surface area contributed by atoms with Crippen molar-refractivity contribution in [1.82, 2.24) is 9.21 Å². The highest BCUT2D eigenvalue weighted by Gasteiger charge is 2.43. The topological polar surface area (TPSA) is 98.2 Å². The van der Waals surface area contributed by atoms with E-state index in [9.17, 15) is 21.9 Å². The van der Waals surface area contributed by atoms with Gasteiger partial charge in [0, 0.05) is 44.5 Å². The molecule has 1 unspecified atom stereocenters. The summed E-state index contributed by atoms with van der Waals surface area (Å²) < 4.78 is 53.4. The minimum absolute atomic E-state index is 0.00689. The second-order valence-electron chi connectivity index (χ2n) is 10.8. The predicted octanol–water partition coefficient (Wildman–Crippen LogP) is 2.36. The van der Waals surface area contributed by atoms with Crippen molar-refractivity contribution in [2.24, 2.45) is 5.92 Å². The number of piperazine rings is 1. The Morgan fingerprint density at radius 1 is 1.08 bits per heavy atom. The van der Waals surface area contributed by atoms with E-state index in [2.05, 4.69) is 9.80 Å². The third-order valence-corrected chi connectivity index (χ3v) is 12.5. The van der Waals surface area contributed by atoms with Gasteiger partial charge in [-0.2, -0.15) is 4.31 Å². The molecule has 0 bridgehead atoms. The molecule has 2 saturated heterocycles. The molecule has 0 amide bonds. The minimum Gasteiger partial charge on any atom is -0.386 e. The third kappa shape index (κ3) is 5.51. The van der Waals surface area contributed by atoms with Gasteiger partial charge in [0.05, 0.1) is 23.1 Å². The van der Waals surface area contributed by atoms with E-state index >= 15 is 0 Å². The molecule has 3 fully saturated rings. The van der Waals surface area contributed by atoms with Crippen LogP contribution in [0.5, 0.6) is 0 Å². The first-order chi connectivity index (χ1) is 16.9. The lowest BCUT2D eigenvalue weighted by Crippen LogP contribution is -2.61. The smallest absolute Gasteiger partial charge is 0.252 e. The van der Waals surface area contributed by atoms with Crippen molar-refractivity contribution in [3.63, 3.8) is 0 Å². The summed E-state index contributed by atoms with van der Waals surface area (Å²) in [5.74, 6) is 0.761. The molecule has 1 saturated carbocycles. The van der Waals surface area contributed by atoms with E-state index in [0.717, 1.165) is 24.1 Å². The number of anilines is 1. The number of sulfone groups is 1. The lowest BCUT2D eigenvalue weighted by atomic mass is 9.98. The molecule has 8 nitrogen and oxygen atoms in total. The lowest BCUT2D eigenvalue weighted by molar-refractivity contribution is 0.0786. The Kier molecular flexibility index (Phi) is 7.01. The van der Waals surface area contributed by atoms with E-state index in [1.165, 1.54) is 11.3 Å². The van der Waals surface area contributed by atoms with Gasteiger partial charge in [-0.3, -0.25) is 4.90 Å². The second-order valence-corrected chi connectivity index (χ2v) is 16.1. The summed E-state index contributed by atoms with van der Waals surface area (Å²) in [5.41, 5.74) is 0.855. The van der Waals surface area contributed by atoms with Crippen LogP contribution in [0.15, 0.2) is 46.0 Å². The van der Waals surface area contributed by atoms with Gasteiger partial charge in [0.25, 0.3) is 10.0 Å². The summed E-state index contributed by atoms with van der Waals surface area (Å²) >= 11 is 1.23. The molecular formula is C25H35N3O5S3. The number of nitrogens with zero attached hydrogens (tertiary/aromatic N) is 3. The van der Waals surface area contributed by atoms with Gasteiger partial charge in [-0.25, -0.2) is 16.8 Å². The number of benzene rings is 1. The molecule has 2 aliphatic heterocycles. The SMILES string of the molecule is CC(C)(O)c1ccc(N2CCN(S(=O)(=O)c3cccs3)C[C@@H]2CN2CCS(=O)(=O)CC2C2CC2)cc1. The average molecular weight is 554 g/mol. The van der Waals surface area contributed by atoms with Crippen LogP contribution in [0, 0.1) is 5.92 Å². The molecule has 3 heterocycles. The Balaban J connectivity index is 1.42. The van der Waals surface area contributed by atoms with Gasteiger partial charge < -0.3 is 10.0 Å². The number of sulfonamides is 1. The fourth-order valence-corrected chi connectivity index (χ4v) is 9.72. The summed E-state index contributed by atoms with van der Waals surface area (Å²) in [6, 6.07) is 11.1. The van der Waals surface area contributed by atoms with Gasteiger partial charge in [0.1, 0.15) is 4.21 Å². The van der Waals surface area contributed by atoms with E-state index in [1.54, 1.807) is 35.7 Å². The number of hydrogen-bond donors (Lipinski definition) is 1. The van der Waals surface area contributed by atoms with Crippen molar-refractivity contribution in [2.45, 2.75) is 48.6 Å². The molecule has 0 spiro atoms. The molecule has 1 aliphatic carbocycles. The zero-order valence-corrected chi connectivity index (χ0v) is 23.2. The molecule has 1 aromatic heterocycles. The van der Waals surface area contributed by atoms with E-state index in [-0.39, 0.29) is 23.6 Å². The quantitative estimate of drug-likeness (QED) is 0.562. The Labute approximate surface area is 218 Å². The summed E-state index contributed by atoms with van der Waals surface area (Å²) in [4.78, 5) is 4.55. The van der Waals surface area contributed by atoms with Gasteiger partial charge in [-0.05, 0) is 61.7 Å². The van der Waals surface area contributed by atoms with Gasteiger partial charge in [0.2, 0.25) is 0 Å². The summed E-state index contributed by atoms with van der Waals surface area (Å²) in [7, 11) is -6.63. The van der Waals surface area contributed by atoms with Crippen LogP contribution in [0.2, 0.25) is 0 Å². The highest BCUT2D eigenvalue weighted by molar-refractivity contribution is 7.91. The fourth-order valence-electron chi connectivity index (χ4n) is 5.42. The number of thiophene rings is 1. The number of rotatable bonds is 7. The third-order valence-electron chi connectivity index (χ3n) is 7.63. The van der Waals surface area contributed by atoms with Crippen molar-refractivity contribution in [3.8, 4) is 0 Å². The van der Waals surface area contributed by atoms with Gasteiger partial charge in [-0.15, -0.1) is 11.3 Å². The molecule has 1 N–H and O–H groups in total. The van der Waals surface area contributed by atoms with Crippen LogP contribution >= 0.6 is 11.3 Å². The van der Waals surface area contributed by atoms with Crippen LogP contribution in [0.1, 0.15) is 32.3 Å². The maximum Gasteiger partial charge on any atom is 0.252 e. The van der Waals surface area contributed by atoms with Crippen molar-refractivity contribution in [1.29, 1.82) is 0 Å². The molecule has 198 valence electrons. The highest BCUT2D eigenvalue weighted by Crippen LogP contribution is 2.38. The summed E-state index contributed by atoms with van der Waals surface area (Å²) in [6.45, 7) is 5.86.